The molecule has 1 amide bonds. The Bertz CT molecular complexity index is 892. The summed E-state index contributed by atoms with van der Waals surface area (Å²) in [5.74, 6) is 0.610. The lowest BCUT2D eigenvalue weighted by molar-refractivity contribution is 0.0909. The Morgan fingerprint density at radius 1 is 1.11 bits per heavy atom. The molecule has 144 valence electrons. The van der Waals surface area contributed by atoms with Crippen LogP contribution in [0.4, 0.5) is 0 Å². The molecule has 0 saturated carbocycles. The number of hydrogen-bond donors (Lipinski definition) is 1. The smallest absolute Gasteiger partial charge is 0.289 e. The standard InChI is InChI=1S/C23H25N3O2/c27-23(22-16-21(25-28-22)19-10-5-2-6-11-19)24-13-15-26-14-7-12-20(17-26)18-8-3-1-4-9-18/h1-6,8-11,16,20H,7,12-15,17H2,(H,24,27). The lowest BCUT2D eigenvalue weighted by Gasteiger charge is -2.33. The van der Waals surface area contributed by atoms with Crippen LogP contribution in [-0.4, -0.2) is 42.1 Å². The van der Waals surface area contributed by atoms with E-state index in [0.717, 1.165) is 25.2 Å². The van der Waals surface area contributed by atoms with Gasteiger partial charge in [-0.15, -0.1) is 0 Å². The number of nitrogens with one attached hydrogen (secondary N) is 1. The molecule has 4 rings (SSSR count). The Morgan fingerprint density at radius 2 is 1.86 bits per heavy atom. The number of benzene rings is 2. The minimum Gasteiger partial charge on any atom is -0.350 e. The summed E-state index contributed by atoms with van der Waals surface area (Å²) >= 11 is 0. The number of piperidine rings is 1. The van der Waals surface area contributed by atoms with E-state index in [2.05, 4.69) is 45.7 Å². The third kappa shape index (κ3) is 4.49. The molecule has 1 fully saturated rings. The minimum atomic E-state index is -0.216. The predicted molar refractivity (Wildman–Crippen MR) is 109 cm³/mol. The fraction of sp³-hybridized carbons (Fsp3) is 0.304. The van der Waals surface area contributed by atoms with E-state index >= 15 is 0 Å². The Morgan fingerprint density at radius 3 is 2.64 bits per heavy atom. The molecule has 1 saturated heterocycles. The molecule has 2 aromatic carbocycles. The van der Waals surface area contributed by atoms with Crippen molar-refractivity contribution >= 4 is 5.91 Å². The van der Waals surface area contributed by atoms with Crippen molar-refractivity contribution in [3.8, 4) is 11.3 Å². The zero-order valence-corrected chi connectivity index (χ0v) is 15.9. The van der Waals surface area contributed by atoms with Crippen LogP contribution in [0.2, 0.25) is 0 Å². The van der Waals surface area contributed by atoms with Gasteiger partial charge < -0.3 is 14.7 Å². The van der Waals surface area contributed by atoms with Crippen LogP contribution in [0.15, 0.2) is 71.3 Å². The molecule has 0 spiro atoms. The SMILES string of the molecule is O=C(NCCN1CCCC(c2ccccc2)C1)c1cc(-c2ccccc2)no1. The zero-order valence-electron chi connectivity index (χ0n) is 15.9. The fourth-order valence-corrected chi connectivity index (χ4v) is 3.80. The topological polar surface area (TPSA) is 58.4 Å². The maximum atomic E-state index is 12.4. The number of carbonyl (C=O) groups excluding carboxylic acids is 1. The summed E-state index contributed by atoms with van der Waals surface area (Å²) in [5.41, 5.74) is 3.02. The van der Waals surface area contributed by atoms with Crippen molar-refractivity contribution in [3.63, 3.8) is 0 Å². The summed E-state index contributed by atoms with van der Waals surface area (Å²) < 4.78 is 5.22. The summed E-state index contributed by atoms with van der Waals surface area (Å²) in [6.07, 6.45) is 2.42. The molecule has 3 aromatic rings. The van der Waals surface area contributed by atoms with Gasteiger partial charge in [-0.2, -0.15) is 0 Å². The van der Waals surface area contributed by atoms with E-state index in [4.69, 9.17) is 4.52 Å². The van der Waals surface area contributed by atoms with Gasteiger partial charge in [0.25, 0.3) is 5.91 Å². The fourth-order valence-electron chi connectivity index (χ4n) is 3.80. The number of aromatic nitrogens is 1. The lowest BCUT2D eigenvalue weighted by atomic mass is 9.91. The molecule has 0 aliphatic carbocycles. The largest absolute Gasteiger partial charge is 0.350 e. The summed E-state index contributed by atoms with van der Waals surface area (Å²) in [7, 11) is 0. The quantitative estimate of drug-likeness (QED) is 0.709. The van der Waals surface area contributed by atoms with Crippen LogP contribution in [0.3, 0.4) is 0 Å². The molecule has 5 nitrogen and oxygen atoms in total. The Kier molecular flexibility index (Phi) is 5.83. The summed E-state index contributed by atoms with van der Waals surface area (Å²) in [4.78, 5) is 14.8. The summed E-state index contributed by atoms with van der Waals surface area (Å²) in [6, 6.07) is 22.1. The molecule has 1 unspecified atom stereocenters. The molecule has 1 atom stereocenters. The monoisotopic (exact) mass is 375 g/mol. The van der Waals surface area contributed by atoms with E-state index < -0.39 is 0 Å². The predicted octanol–water partition coefficient (Wildman–Crippen LogP) is 3.95. The molecular formula is C23H25N3O2. The average molecular weight is 375 g/mol. The van der Waals surface area contributed by atoms with E-state index in [-0.39, 0.29) is 11.7 Å². The van der Waals surface area contributed by atoms with Crippen LogP contribution in [-0.2, 0) is 0 Å². The van der Waals surface area contributed by atoms with Gasteiger partial charge in [0.1, 0.15) is 5.69 Å². The number of hydrogen-bond acceptors (Lipinski definition) is 4. The first-order chi connectivity index (χ1) is 13.8. The molecule has 1 N–H and O–H groups in total. The van der Waals surface area contributed by atoms with Crippen LogP contribution in [0.5, 0.6) is 0 Å². The second-order valence-electron chi connectivity index (χ2n) is 7.25. The molecule has 2 heterocycles. The van der Waals surface area contributed by atoms with E-state index in [0.29, 0.717) is 18.2 Å². The average Bonchev–Trinajstić information content (AvgIpc) is 3.26. The van der Waals surface area contributed by atoms with Crippen molar-refractivity contribution in [1.82, 2.24) is 15.4 Å². The van der Waals surface area contributed by atoms with E-state index in [1.165, 1.54) is 18.4 Å². The molecule has 1 aliphatic rings. The van der Waals surface area contributed by atoms with Gasteiger partial charge in [-0.25, -0.2) is 0 Å². The first kappa shape index (κ1) is 18.4. The minimum absolute atomic E-state index is 0.216. The van der Waals surface area contributed by atoms with Gasteiger partial charge in [0.05, 0.1) is 0 Å². The number of likely N-dealkylation sites (tertiary alicyclic amines) is 1. The van der Waals surface area contributed by atoms with Crippen LogP contribution in [0.25, 0.3) is 11.3 Å². The number of amides is 1. The number of rotatable bonds is 6. The van der Waals surface area contributed by atoms with E-state index in [1.54, 1.807) is 6.07 Å². The first-order valence-corrected chi connectivity index (χ1v) is 9.87. The van der Waals surface area contributed by atoms with Crippen molar-refractivity contribution < 1.29 is 9.32 Å². The number of nitrogens with zero attached hydrogens (tertiary/aromatic N) is 2. The Balaban J connectivity index is 1.27. The van der Waals surface area contributed by atoms with Crippen LogP contribution < -0.4 is 5.32 Å². The number of carbonyl (C=O) groups is 1. The lowest BCUT2D eigenvalue weighted by Crippen LogP contribution is -2.40. The third-order valence-corrected chi connectivity index (χ3v) is 5.29. The van der Waals surface area contributed by atoms with E-state index in [9.17, 15) is 4.79 Å². The van der Waals surface area contributed by atoms with Crippen molar-refractivity contribution in [3.05, 3.63) is 78.1 Å². The molecular weight excluding hydrogens is 350 g/mol. The Labute approximate surface area is 165 Å². The van der Waals surface area contributed by atoms with E-state index in [1.807, 2.05) is 30.3 Å². The highest BCUT2D eigenvalue weighted by Gasteiger charge is 2.21. The van der Waals surface area contributed by atoms with Gasteiger partial charge in [0.15, 0.2) is 0 Å². The van der Waals surface area contributed by atoms with Crippen LogP contribution >= 0.6 is 0 Å². The van der Waals surface area contributed by atoms with Gasteiger partial charge in [-0.05, 0) is 30.9 Å². The van der Waals surface area contributed by atoms with Gasteiger partial charge in [-0.3, -0.25) is 4.79 Å². The first-order valence-electron chi connectivity index (χ1n) is 9.87. The molecule has 28 heavy (non-hydrogen) atoms. The molecule has 5 heteroatoms. The van der Waals surface area contributed by atoms with Crippen molar-refractivity contribution in [2.24, 2.45) is 0 Å². The van der Waals surface area contributed by atoms with Gasteiger partial charge >= 0.3 is 0 Å². The van der Waals surface area contributed by atoms with Crippen molar-refractivity contribution in [2.45, 2.75) is 18.8 Å². The Hall–Kier alpha value is -2.92. The summed E-state index contributed by atoms with van der Waals surface area (Å²) in [5, 5.41) is 6.95. The molecule has 1 aliphatic heterocycles. The van der Waals surface area contributed by atoms with Crippen molar-refractivity contribution in [1.29, 1.82) is 0 Å². The maximum absolute atomic E-state index is 12.4. The highest BCUT2D eigenvalue weighted by molar-refractivity contribution is 5.92. The second-order valence-corrected chi connectivity index (χ2v) is 7.25. The normalized spacial score (nSPS) is 17.4. The summed E-state index contributed by atoms with van der Waals surface area (Å²) in [6.45, 7) is 3.57. The maximum Gasteiger partial charge on any atom is 0.289 e. The van der Waals surface area contributed by atoms with Crippen molar-refractivity contribution in [2.75, 3.05) is 26.2 Å². The zero-order chi connectivity index (χ0) is 19.2. The highest BCUT2D eigenvalue weighted by Crippen LogP contribution is 2.26. The van der Waals surface area contributed by atoms with Gasteiger partial charge in [-0.1, -0.05) is 65.8 Å². The van der Waals surface area contributed by atoms with Crippen LogP contribution in [0.1, 0.15) is 34.9 Å². The molecule has 0 bridgehead atoms. The highest BCUT2D eigenvalue weighted by atomic mass is 16.5. The third-order valence-electron chi connectivity index (χ3n) is 5.29. The molecule has 0 radical (unpaired) electrons. The van der Waals surface area contributed by atoms with Gasteiger partial charge in [0.2, 0.25) is 5.76 Å². The van der Waals surface area contributed by atoms with Gasteiger partial charge in [0, 0.05) is 31.3 Å². The van der Waals surface area contributed by atoms with Crippen LogP contribution in [0, 0.1) is 0 Å². The second kappa shape index (κ2) is 8.85. The molecule has 1 aromatic heterocycles.